The van der Waals surface area contributed by atoms with Crippen LogP contribution in [0.1, 0.15) is 82.0 Å². The molecule has 3 amide bonds. The zero-order valence-electron chi connectivity index (χ0n) is 43.5. The number of aromatic nitrogens is 5. The lowest BCUT2D eigenvalue weighted by Crippen LogP contribution is -2.45. The summed E-state index contributed by atoms with van der Waals surface area (Å²) in [6, 6.07) is 38.8. The maximum Gasteiger partial charge on any atom is 0.326 e. The van der Waals surface area contributed by atoms with E-state index in [1.165, 1.54) is 4.90 Å². The fraction of sp³-hybridized carbons (Fsp3) is 0.311. The number of rotatable bonds is 29. The van der Waals surface area contributed by atoms with Gasteiger partial charge in [-0.3, -0.25) is 19.2 Å². The van der Waals surface area contributed by atoms with Gasteiger partial charge in [0.15, 0.2) is 0 Å². The highest BCUT2D eigenvalue weighted by Crippen LogP contribution is 2.35. The number of carboxylic acids is 2. The molecule has 17 heteroatoms. The summed E-state index contributed by atoms with van der Waals surface area (Å²) < 4.78 is 15.4. The summed E-state index contributed by atoms with van der Waals surface area (Å²) in [5.74, 6) is -3.75. The van der Waals surface area contributed by atoms with Crippen LogP contribution >= 0.6 is 0 Å². The van der Waals surface area contributed by atoms with Gasteiger partial charge >= 0.3 is 17.9 Å². The summed E-state index contributed by atoms with van der Waals surface area (Å²) >= 11 is 0. The Bertz CT molecular complexity index is 3210. The van der Waals surface area contributed by atoms with E-state index >= 15 is 0 Å². The maximum absolute atomic E-state index is 14.8. The van der Waals surface area contributed by atoms with E-state index in [-0.39, 0.29) is 83.3 Å². The van der Waals surface area contributed by atoms with Crippen molar-refractivity contribution in [1.82, 2.24) is 38.4 Å². The first-order chi connectivity index (χ1) is 38.0. The van der Waals surface area contributed by atoms with Gasteiger partial charge in [-0.1, -0.05) is 72.8 Å². The smallest absolute Gasteiger partial charge is 0.326 e. The van der Waals surface area contributed by atoms with Crippen LogP contribution in [0.4, 0.5) is 0 Å². The minimum absolute atomic E-state index is 0.00435. The minimum atomic E-state index is -1.07. The second kappa shape index (κ2) is 25.8. The largest absolute Gasteiger partial charge is 0.480 e. The first-order valence-electron chi connectivity index (χ1n) is 26.8. The summed E-state index contributed by atoms with van der Waals surface area (Å²) in [5.41, 5.74) is 3.00. The average molecular weight is 1060 g/mol. The van der Waals surface area contributed by atoms with Crippen molar-refractivity contribution < 1.29 is 43.7 Å². The average Bonchev–Trinajstić information content (AvgIpc) is 4.52. The molecule has 9 rings (SSSR count). The Balaban J connectivity index is 0.853. The summed E-state index contributed by atoms with van der Waals surface area (Å²) in [7, 11) is 0. The first kappa shape index (κ1) is 53.9. The molecule has 78 heavy (non-hydrogen) atoms. The van der Waals surface area contributed by atoms with Crippen LogP contribution in [-0.4, -0.2) is 106 Å². The molecule has 0 aliphatic carbocycles. The summed E-state index contributed by atoms with van der Waals surface area (Å²) in [4.78, 5) is 82.7. The molecule has 0 aliphatic heterocycles. The van der Waals surface area contributed by atoms with Gasteiger partial charge in [0.2, 0.25) is 17.7 Å². The summed E-state index contributed by atoms with van der Waals surface area (Å²) in [6.45, 7) is 1.13. The quantitative estimate of drug-likeness (QED) is 0.0260. The van der Waals surface area contributed by atoms with Crippen LogP contribution in [0.3, 0.4) is 0 Å². The van der Waals surface area contributed by atoms with E-state index in [1.807, 2.05) is 146 Å². The number of aliphatic carboxylic acids is 2. The molecule has 0 spiro atoms. The Hall–Kier alpha value is -8.86. The molecular formula is C61H66N8O9. The molecule has 0 radical (unpaired) electrons. The molecule has 4 N–H and O–H groups in total. The summed E-state index contributed by atoms with van der Waals surface area (Å²) in [5, 5.41) is 30.4. The van der Waals surface area contributed by atoms with Crippen molar-refractivity contribution in [3.63, 3.8) is 0 Å². The number of unbranched alkanes of at least 4 members (excludes halogenated alkanes) is 1. The fourth-order valence-corrected chi connectivity index (χ4v) is 10.8. The number of ether oxygens (including phenoxy) is 1. The van der Waals surface area contributed by atoms with Gasteiger partial charge in [0.25, 0.3) is 0 Å². The van der Waals surface area contributed by atoms with Crippen LogP contribution in [-0.2, 0) is 40.0 Å². The predicted octanol–water partition coefficient (Wildman–Crippen LogP) is 9.56. The molecular weight excluding hydrogens is 989 g/mol. The molecule has 0 fully saturated rings. The van der Waals surface area contributed by atoms with E-state index in [4.69, 9.17) is 4.74 Å². The Kier molecular flexibility index (Phi) is 17.8. The van der Waals surface area contributed by atoms with Crippen LogP contribution < -0.4 is 10.6 Å². The van der Waals surface area contributed by atoms with Crippen molar-refractivity contribution in [2.45, 2.75) is 88.5 Å². The minimum Gasteiger partial charge on any atom is -0.480 e. The van der Waals surface area contributed by atoms with Crippen LogP contribution in [0, 0.1) is 0 Å². The molecule has 4 aromatic carbocycles. The van der Waals surface area contributed by atoms with Gasteiger partial charge < -0.3 is 53.3 Å². The van der Waals surface area contributed by atoms with Crippen molar-refractivity contribution in [2.75, 3.05) is 32.8 Å². The molecule has 0 saturated carbocycles. The summed E-state index contributed by atoms with van der Waals surface area (Å²) in [6.07, 6.45) is 14.0. The van der Waals surface area contributed by atoms with Gasteiger partial charge in [-0.25, -0.2) is 9.59 Å². The van der Waals surface area contributed by atoms with Crippen LogP contribution in [0.5, 0.6) is 0 Å². The molecule has 0 saturated heterocycles. The monoisotopic (exact) mass is 1050 g/mol. The number of carboxylic acid groups (broad SMARTS) is 2. The highest BCUT2D eigenvalue weighted by molar-refractivity contribution is 6.10. The third kappa shape index (κ3) is 12.9. The van der Waals surface area contributed by atoms with E-state index in [0.717, 1.165) is 69.4 Å². The molecule has 4 atom stereocenters. The van der Waals surface area contributed by atoms with E-state index in [1.54, 1.807) is 38.2 Å². The molecule has 17 nitrogen and oxygen atoms in total. The van der Waals surface area contributed by atoms with Crippen molar-refractivity contribution in [1.29, 1.82) is 0 Å². The Morgan fingerprint density at radius 3 is 1.33 bits per heavy atom. The van der Waals surface area contributed by atoms with Gasteiger partial charge in [-0.2, -0.15) is 0 Å². The topological polar surface area (TPSA) is 204 Å². The van der Waals surface area contributed by atoms with Crippen molar-refractivity contribution >= 4 is 79.2 Å². The van der Waals surface area contributed by atoms with E-state index in [0.29, 0.717) is 0 Å². The molecule has 5 heterocycles. The van der Waals surface area contributed by atoms with Gasteiger partial charge in [0.1, 0.15) is 24.7 Å². The van der Waals surface area contributed by atoms with Crippen molar-refractivity contribution in [2.24, 2.45) is 0 Å². The van der Waals surface area contributed by atoms with E-state index in [2.05, 4.69) is 19.8 Å². The van der Waals surface area contributed by atoms with Crippen LogP contribution in [0.25, 0.3) is 43.6 Å². The van der Waals surface area contributed by atoms with Crippen LogP contribution in [0.2, 0.25) is 0 Å². The highest BCUT2D eigenvalue weighted by Gasteiger charge is 2.29. The Morgan fingerprint density at radius 2 is 0.885 bits per heavy atom. The fourth-order valence-electron chi connectivity index (χ4n) is 10.8. The van der Waals surface area contributed by atoms with Gasteiger partial charge in [-0.05, 0) is 99.2 Å². The number of hydrogen-bond acceptors (Lipinski definition) is 7. The number of para-hydroxylation sites is 4. The van der Waals surface area contributed by atoms with Gasteiger partial charge in [0, 0.05) is 133 Å². The van der Waals surface area contributed by atoms with E-state index in [9.17, 15) is 39.0 Å². The number of amides is 3. The molecule has 0 aliphatic rings. The predicted molar refractivity (Wildman–Crippen MR) is 299 cm³/mol. The number of nitrogens with zero attached hydrogens (tertiary/aromatic N) is 6. The lowest BCUT2D eigenvalue weighted by atomic mass is 10.1. The van der Waals surface area contributed by atoms with Gasteiger partial charge in [0.05, 0.1) is 6.04 Å². The molecule has 0 bridgehead atoms. The molecule has 9 aromatic rings. The number of aryl methyl sites for hydroxylation is 1. The lowest BCUT2D eigenvalue weighted by molar-refractivity contribution is -0.146. The second-order valence-electron chi connectivity index (χ2n) is 19.7. The number of nitrogens with one attached hydrogen (secondary N) is 2. The number of fused-ring (bicyclic) bond motifs is 6. The molecule has 5 aromatic heterocycles. The van der Waals surface area contributed by atoms with Crippen molar-refractivity contribution in [3.05, 3.63) is 171 Å². The zero-order chi connectivity index (χ0) is 54.4. The SMILES string of the molecule is O=C(CC[C@@H](C(=O)O)n1c2ccccc2c2ccccc21)NCCN(CCNC(=O)CC[C@@H](C(=O)O)n1c2ccccc2c2ccccc21)C(=O)[C@H](CCC(=O)OC[C@@H](CCCCn1cccc1)n1cccc1)n1cccc1. The normalized spacial score (nSPS) is 13.1. The highest BCUT2D eigenvalue weighted by atomic mass is 16.5. The standard InChI is InChI=1S/C61H66N8O9/c70-56(29-26-54(60(74)75)68-49-22-5-1-18-45(49)46-19-2-6-23-50(46)68)62-32-41-67(42-33-63-57(71)30-27-55(61(76)77)69-51-24-7-3-20-47(51)48-21-4-8-25-52(48)69)59(73)53(66-39-15-16-40-66)28-31-58(72)78-43-44(65-37-13-14-38-65)17-9-10-34-64-35-11-12-36-64/h1-8,11-16,18-25,35-40,44,53-55H,9-10,17,26-34,41-43H2,(H,62,70)(H,63,71)(H,74,75)(H,76,77)/t44-,53+,54+,55+/m1/s1. The number of hydrogen-bond donors (Lipinski definition) is 4. The van der Waals surface area contributed by atoms with Crippen LogP contribution in [0.15, 0.2) is 171 Å². The zero-order valence-corrected chi connectivity index (χ0v) is 43.5. The Morgan fingerprint density at radius 1 is 0.474 bits per heavy atom. The van der Waals surface area contributed by atoms with Crippen molar-refractivity contribution in [3.8, 4) is 0 Å². The third-order valence-corrected chi connectivity index (χ3v) is 14.7. The number of carbonyl (C=O) groups excluding carboxylic acids is 4. The number of benzene rings is 4. The number of esters is 1. The Labute approximate surface area is 451 Å². The van der Waals surface area contributed by atoms with E-state index < -0.39 is 47.8 Å². The number of carbonyl (C=O) groups is 6. The first-order valence-corrected chi connectivity index (χ1v) is 26.8. The molecule has 404 valence electrons. The lowest BCUT2D eigenvalue weighted by Gasteiger charge is -2.29. The third-order valence-electron chi connectivity index (χ3n) is 14.7. The maximum atomic E-state index is 14.8. The second-order valence-corrected chi connectivity index (χ2v) is 19.7. The molecule has 0 unspecified atom stereocenters. The van der Waals surface area contributed by atoms with Gasteiger partial charge in [-0.15, -0.1) is 0 Å².